The van der Waals surface area contributed by atoms with Crippen molar-refractivity contribution in [2.75, 3.05) is 0 Å². The number of halogens is 2. The normalized spacial score (nSPS) is 19.0. The highest BCUT2D eigenvalue weighted by Crippen LogP contribution is 2.36. The third-order valence-corrected chi connectivity index (χ3v) is 4.58. The summed E-state index contributed by atoms with van der Waals surface area (Å²) in [7, 11) is 0. The fraction of sp³-hybridized carbons (Fsp3) is 0.688. The summed E-state index contributed by atoms with van der Waals surface area (Å²) >= 11 is 12.0. The van der Waals surface area contributed by atoms with Crippen molar-refractivity contribution >= 4 is 23.2 Å². The molecule has 1 aromatic rings. The van der Waals surface area contributed by atoms with Gasteiger partial charge in [0.25, 0.3) is 0 Å². The topological polar surface area (TPSA) is 31.4 Å². The van der Waals surface area contributed by atoms with Gasteiger partial charge in [0.2, 0.25) is 6.29 Å². The first kappa shape index (κ1) is 16.9. The molecule has 2 rings (SSSR count). The molecule has 0 fully saturated rings. The number of hydrogen-bond donors (Lipinski definition) is 0. The highest BCUT2D eigenvalue weighted by Gasteiger charge is 2.30. The highest BCUT2D eigenvalue weighted by atomic mass is 35.5. The highest BCUT2D eigenvalue weighted by molar-refractivity contribution is 6.17. The number of hydrogen-bond acceptors (Lipinski definition) is 3. The molecule has 0 aromatic carbocycles. The molecule has 1 aromatic heterocycles. The van der Waals surface area contributed by atoms with Crippen LogP contribution in [0.15, 0.2) is 6.20 Å². The molecular weight excluding hydrogens is 309 g/mol. The van der Waals surface area contributed by atoms with Gasteiger partial charge in [-0.25, -0.2) is 0 Å². The number of fused-ring (bicyclic) bond motifs is 1. The van der Waals surface area contributed by atoms with Gasteiger partial charge in [0.15, 0.2) is 5.75 Å². The molecule has 0 aliphatic carbocycles. The summed E-state index contributed by atoms with van der Waals surface area (Å²) in [4.78, 5) is 4.37. The second-order valence-electron chi connectivity index (χ2n) is 5.41. The minimum atomic E-state index is -0.205. The van der Waals surface area contributed by atoms with Gasteiger partial charge < -0.3 is 9.47 Å². The molecule has 5 heteroatoms. The molecule has 0 spiro atoms. The van der Waals surface area contributed by atoms with E-state index in [0.717, 1.165) is 35.4 Å². The molecule has 0 radical (unpaired) electrons. The van der Waals surface area contributed by atoms with Crippen molar-refractivity contribution in [2.45, 2.75) is 64.2 Å². The lowest BCUT2D eigenvalue weighted by atomic mass is 9.97. The van der Waals surface area contributed by atoms with Crippen molar-refractivity contribution in [1.82, 2.24) is 4.98 Å². The second kappa shape index (κ2) is 8.21. The van der Waals surface area contributed by atoms with Gasteiger partial charge in [0.05, 0.1) is 18.2 Å². The van der Waals surface area contributed by atoms with Gasteiger partial charge in [-0.2, -0.15) is 0 Å². The molecular formula is C16H23Cl2NO2. The summed E-state index contributed by atoms with van der Waals surface area (Å²) in [6, 6.07) is 0. The van der Waals surface area contributed by atoms with Crippen LogP contribution in [0, 0.1) is 5.92 Å². The Morgan fingerprint density at radius 3 is 2.76 bits per heavy atom. The van der Waals surface area contributed by atoms with Crippen LogP contribution in [-0.4, -0.2) is 11.3 Å². The van der Waals surface area contributed by atoms with E-state index in [-0.39, 0.29) is 6.29 Å². The molecule has 118 valence electrons. The summed E-state index contributed by atoms with van der Waals surface area (Å²) in [5.41, 5.74) is 2.73. The average molecular weight is 332 g/mol. The van der Waals surface area contributed by atoms with Gasteiger partial charge in [0.1, 0.15) is 0 Å². The standard InChI is InChI=1S/C16H23Cl2NO2/c1-3-5-6-11(4-2)16-20-10-13-12(7-17)9-19-14(8-18)15(13)21-16/h9,11,16H,3-8,10H2,1-2H3. The number of pyridine rings is 1. The van der Waals surface area contributed by atoms with E-state index in [1.165, 1.54) is 12.8 Å². The van der Waals surface area contributed by atoms with Gasteiger partial charge in [-0.05, 0) is 18.4 Å². The SMILES string of the molecule is CCCCC(CC)C1OCc2c(CCl)cnc(CCl)c2O1. The minimum absolute atomic E-state index is 0.205. The number of rotatable bonds is 7. The van der Waals surface area contributed by atoms with Gasteiger partial charge in [-0.1, -0.05) is 26.7 Å². The number of nitrogens with zero attached hydrogens (tertiary/aromatic N) is 1. The Bertz CT molecular complexity index is 468. The Balaban J connectivity index is 2.21. The van der Waals surface area contributed by atoms with E-state index in [2.05, 4.69) is 18.8 Å². The Labute approximate surface area is 136 Å². The largest absolute Gasteiger partial charge is 0.462 e. The first-order chi connectivity index (χ1) is 10.2. The number of unbranched alkanes of at least 4 members (excludes halogenated alkanes) is 1. The monoisotopic (exact) mass is 331 g/mol. The molecule has 2 atom stereocenters. The van der Waals surface area contributed by atoms with Crippen LogP contribution in [0.2, 0.25) is 0 Å². The molecule has 2 heterocycles. The molecule has 0 amide bonds. The third kappa shape index (κ3) is 3.82. The predicted molar refractivity (Wildman–Crippen MR) is 85.9 cm³/mol. The van der Waals surface area contributed by atoms with Crippen LogP contribution < -0.4 is 4.74 Å². The van der Waals surface area contributed by atoms with Crippen molar-refractivity contribution in [3.05, 3.63) is 23.0 Å². The zero-order valence-corrected chi connectivity index (χ0v) is 14.2. The van der Waals surface area contributed by atoms with Crippen molar-refractivity contribution in [1.29, 1.82) is 0 Å². The van der Waals surface area contributed by atoms with E-state index in [4.69, 9.17) is 32.7 Å². The van der Waals surface area contributed by atoms with E-state index in [1.807, 2.05) is 0 Å². The molecule has 0 saturated heterocycles. The zero-order valence-electron chi connectivity index (χ0n) is 12.7. The first-order valence-corrected chi connectivity index (χ1v) is 8.71. The fourth-order valence-corrected chi connectivity index (χ4v) is 3.09. The van der Waals surface area contributed by atoms with Crippen LogP contribution >= 0.6 is 23.2 Å². The Hall–Kier alpha value is -0.510. The summed E-state index contributed by atoms with van der Waals surface area (Å²) in [5, 5.41) is 0. The van der Waals surface area contributed by atoms with E-state index in [9.17, 15) is 0 Å². The van der Waals surface area contributed by atoms with E-state index in [0.29, 0.717) is 24.3 Å². The Morgan fingerprint density at radius 2 is 2.14 bits per heavy atom. The maximum atomic E-state index is 6.12. The molecule has 1 aliphatic heterocycles. The van der Waals surface area contributed by atoms with Crippen LogP contribution in [0.1, 0.15) is 56.4 Å². The second-order valence-corrected chi connectivity index (χ2v) is 5.95. The third-order valence-electron chi connectivity index (χ3n) is 4.03. The van der Waals surface area contributed by atoms with E-state index >= 15 is 0 Å². The van der Waals surface area contributed by atoms with Gasteiger partial charge >= 0.3 is 0 Å². The van der Waals surface area contributed by atoms with Crippen LogP contribution in [0.5, 0.6) is 5.75 Å². The van der Waals surface area contributed by atoms with Gasteiger partial charge in [0, 0.05) is 23.6 Å². The van der Waals surface area contributed by atoms with Gasteiger partial charge in [-0.15, -0.1) is 23.2 Å². The average Bonchev–Trinajstić information content (AvgIpc) is 2.54. The zero-order chi connectivity index (χ0) is 15.2. The number of ether oxygens (including phenoxy) is 2. The molecule has 2 unspecified atom stereocenters. The van der Waals surface area contributed by atoms with Crippen LogP contribution in [0.4, 0.5) is 0 Å². The lowest BCUT2D eigenvalue weighted by molar-refractivity contribution is -0.143. The van der Waals surface area contributed by atoms with E-state index in [1.54, 1.807) is 6.20 Å². The molecule has 0 bridgehead atoms. The molecule has 3 nitrogen and oxygen atoms in total. The smallest absolute Gasteiger partial charge is 0.203 e. The maximum Gasteiger partial charge on any atom is 0.203 e. The van der Waals surface area contributed by atoms with Gasteiger partial charge in [-0.3, -0.25) is 4.98 Å². The molecule has 1 aliphatic rings. The van der Waals surface area contributed by atoms with Crippen molar-refractivity contribution in [2.24, 2.45) is 5.92 Å². The van der Waals surface area contributed by atoms with Crippen molar-refractivity contribution in [3.8, 4) is 5.75 Å². The Morgan fingerprint density at radius 1 is 1.33 bits per heavy atom. The minimum Gasteiger partial charge on any atom is -0.462 e. The Kier molecular flexibility index (Phi) is 6.59. The number of aromatic nitrogens is 1. The maximum absolute atomic E-state index is 6.12. The molecule has 0 N–H and O–H groups in total. The van der Waals surface area contributed by atoms with Crippen LogP contribution in [0.25, 0.3) is 0 Å². The predicted octanol–water partition coefficient (Wildman–Crippen LogP) is 5.01. The lowest BCUT2D eigenvalue weighted by Gasteiger charge is -2.33. The molecule has 21 heavy (non-hydrogen) atoms. The first-order valence-electron chi connectivity index (χ1n) is 7.64. The summed E-state index contributed by atoms with van der Waals surface area (Å²) in [5.74, 6) is 1.93. The summed E-state index contributed by atoms with van der Waals surface area (Å²) in [6.45, 7) is 4.91. The van der Waals surface area contributed by atoms with Crippen LogP contribution in [-0.2, 0) is 23.1 Å². The van der Waals surface area contributed by atoms with Crippen molar-refractivity contribution < 1.29 is 9.47 Å². The molecule has 0 saturated carbocycles. The summed E-state index contributed by atoms with van der Waals surface area (Å²) < 4.78 is 12.1. The van der Waals surface area contributed by atoms with Crippen LogP contribution in [0.3, 0.4) is 0 Å². The number of alkyl halides is 2. The lowest BCUT2D eigenvalue weighted by Crippen LogP contribution is -2.34. The van der Waals surface area contributed by atoms with E-state index < -0.39 is 0 Å². The van der Waals surface area contributed by atoms with Crippen molar-refractivity contribution in [3.63, 3.8) is 0 Å². The quantitative estimate of drug-likeness (QED) is 0.658. The summed E-state index contributed by atoms with van der Waals surface area (Å²) in [6.07, 6.45) is 6.10. The fourth-order valence-electron chi connectivity index (χ4n) is 2.67.